The Kier molecular flexibility index (Phi) is 5.84. The van der Waals surface area contributed by atoms with Crippen LogP contribution in [0.4, 0.5) is 0 Å². The highest BCUT2D eigenvalue weighted by Gasteiger charge is 2.32. The number of rotatable bonds is 6. The lowest BCUT2D eigenvalue weighted by Gasteiger charge is -2.20. The molecule has 112 valence electrons. The molecule has 0 saturated carbocycles. The second-order valence-corrected chi connectivity index (χ2v) is 4.49. The minimum absolute atomic E-state index is 0.302. The molecule has 2 atom stereocenters. The Labute approximate surface area is 123 Å². The molecule has 1 aromatic rings. The summed E-state index contributed by atoms with van der Waals surface area (Å²) in [4.78, 5) is 34.9. The Morgan fingerprint density at radius 2 is 1.67 bits per heavy atom. The van der Waals surface area contributed by atoms with Gasteiger partial charge in [-0.15, -0.1) is 6.58 Å². The SMILES string of the molecule is C=CC(c1ccc(C(=O)OC)cc1)C(C(C)=O)C(=O)OC. The molecule has 21 heavy (non-hydrogen) atoms. The van der Waals surface area contributed by atoms with Crippen LogP contribution in [0, 0.1) is 5.92 Å². The van der Waals surface area contributed by atoms with Crippen molar-refractivity contribution in [3.63, 3.8) is 0 Å². The number of carbonyl (C=O) groups is 3. The summed E-state index contributed by atoms with van der Waals surface area (Å²) in [5, 5.41) is 0. The van der Waals surface area contributed by atoms with E-state index in [4.69, 9.17) is 0 Å². The van der Waals surface area contributed by atoms with Gasteiger partial charge in [-0.05, 0) is 24.6 Å². The van der Waals surface area contributed by atoms with Crippen molar-refractivity contribution in [2.75, 3.05) is 14.2 Å². The van der Waals surface area contributed by atoms with Crippen LogP contribution in [-0.4, -0.2) is 31.9 Å². The molecule has 0 heterocycles. The molecule has 0 amide bonds. The van der Waals surface area contributed by atoms with Crippen molar-refractivity contribution in [2.45, 2.75) is 12.8 Å². The lowest BCUT2D eigenvalue weighted by molar-refractivity contribution is -0.149. The number of benzene rings is 1. The van der Waals surface area contributed by atoms with Crippen molar-refractivity contribution in [1.82, 2.24) is 0 Å². The number of allylic oxidation sites excluding steroid dienone is 1. The van der Waals surface area contributed by atoms with E-state index in [0.29, 0.717) is 11.1 Å². The van der Waals surface area contributed by atoms with Crippen molar-refractivity contribution in [3.8, 4) is 0 Å². The van der Waals surface area contributed by atoms with E-state index in [9.17, 15) is 14.4 Å². The average Bonchev–Trinajstić information content (AvgIpc) is 2.50. The first-order valence-electron chi connectivity index (χ1n) is 6.35. The van der Waals surface area contributed by atoms with Gasteiger partial charge in [0.2, 0.25) is 0 Å². The van der Waals surface area contributed by atoms with E-state index in [1.807, 2.05) is 0 Å². The van der Waals surface area contributed by atoms with Crippen LogP contribution in [0.2, 0.25) is 0 Å². The third-order valence-corrected chi connectivity index (χ3v) is 3.22. The minimum Gasteiger partial charge on any atom is -0.468 e. The van der Waals surface area contributed by atoms with Gasteiger partial charge >= 0.3 is 11.9 Å². The summed E-state index contributed by atoms with van der Waals surface area (Å²) in [6.07, 6.45) is 1.52. The van der Waals surface area contributed by atoms with E-state index < -0.39 is 23.8 Å². The quantitative estimate of drug-likeness (QED) is 0.456. The first-order chi connectivity index (χ1) is 9.96. The zero-order chi connectivity index (χ0) is 16.0. The predicted molar refractivity (Wildman–Crippen MR) is 76.9 cm³/mol. The van der Waals surface area contributed by atoms with Crippen molar-refractivity contribution < 1.29 is 23.9 Å². The number of Topliss-reactive ketones (excluding diaryl/α,β-unsaturated/α-hetero) is 1. The Balaban J connectivity index is 3.14. The lowest BCUT2D eigenvalue weighted by Crippen LogP contribution is -2.29. The second-order valence-electron chi connectivity index (χ2n) is 4.49. The Morgan fingerprint density at radius 1 is 1.10 bits per heavy atom. The summed E-state index contributed by atoms with van der Waals surface area (Å²) >= 11 is 0. The molecule has 5 nitrogen and oxygen atoms in total. The van der Waals surface area contributed by atoms with Gasteiger partial charge in [0.05, 0.1) is 19.8 Å². The van der Waals surface area contributed by atoms with E-state index in [-0.39, 0.29) is 5.78 Å². The van der Waals surface area contributed by atoms with Gasteiger partial charge < -0.3 is 9.47 Å². The summed E-state index contributed by atoms with van der Waals surface area (Å²) in [5.41, 5.74) is 1.09. The molecule has 1 rings (SSSR count). The molecular weight excluding hydrogens is 272 g/mol. The number of ketones is 1. The van der Waals surface area contributed by atoms with E-state index in [1.165, 1.54) is 27.2 Å². The van der Waals surface area contributed by atoms with Gasteiger partial charge in [0, 0.05) is 5.92 Å². The van der Waals surface area contributed by atoms with Crippen LogP contribution in [0.1, 0.15) is 28.8 Å². The maximum atomic E-state index is 11.8. The zero-order valence-electron chi connectivity index (χ0n) is 12.3. The molecule has 0 radical (unpaired) electrons. The first-order valence-corrected chi connectivity index (χ1v) is 6.35. The summed E-state index contributed by atoms with van der Waals surface area (Å²) < 4.78 is 9.29. The number of hydrogen-bond acceptors (Lipinski definition) is 5. The number of methoxy groups -OCH3 is 2. The minimum atomic E-state index is -0.948. The van der Waals surface area contributed by atoms with Crippen molar-refractivity contribution in [2.24, 2.45) is 5.92 Å². The van der Waals surface area contributed by atoms with Gasteiger partial charge in [0.1, 0.15) is 11.7 Å². The van der Waals surface area contributed by atoms with Crippen LogP contribution < -0.4 is 0 Å². The van der Waals surface area contributed by atoms with Crippen molar-refractivity contribution >= 4 is 17.7 Å². The van der Waals surface area contributed by atoms with Crippen LogP contribution in [-0.2, 0) is 19.1 Å². The normalized spacial score (nSPS) is 12.9. The summed E-state index contributed by atoms with van der Waals surface area (Å²) in [7, 11) is 2.53. The Bertz CT molecular complexity index is 544. The number of hydrogen-bond donors (Lipinski definition) is 0. The molecule has 1 aromatic carbocycles. The molecule has 0 spiro atoms. The highest BCUT2D eigenvalue weighted by Crippen LogP contribution is 2.28. The van der Waals surface area contributed by atoms with Gasteiger partial charge in [-0.3, -0.25) is 9.59 Å². The molecule has 5 heteroatoms. The molecular formula is C16H18O5. The molecule has 0 N–H and O–H groups in total. The first kappa shape index (κ1) is 16.6. The highest BCUT2D eigenvalue weighted by atomic mass is 16.5. The van der Waals surface area contributed by atoms with Gasteiger partial charge in [-0.25, -0.2) is 4.79 Å². The van der Waals surface area contributed by atoms with Crippen molar-refractivity contribution in [1.29, 1.82) is 0 Å². The topological polar surface area (TPSA) is 69.7 Å². The molecule has 0 aliphatic carbocycles. The third kappa shape index (κ3) is 3.78. The predicted octanol–water partition coefficient (Wildman–Crippen LogP) is 2.12. The van der Waals surface area contributed by atoms with Gasteiger partial charge in [-0.2, -0.15) is 0 Å². The fourth-order valence-electron chi connectivity index (χ4n) is 2.12. The van der Waals surface area contributed by atoms with E-state index in [0.717, 1.165) is 0 Å². The van der Waals surface area contributed by atoms with Crippen LogP contribution >= 0.6 is 0 Å². The van der Waals surface area contributed by atoms with Crippen molar-refractivity contribution in [3.05, 3.63) is 48.0 Å². The fraction of sp³-hybridized carbons (Fsp3) is 0.312. The smallest absolute Gasteiger partial charge is 0.337 e. The maximum absolute atomic E-state index is 11.8. The summed E-state index contributed by atoms with van der Waals surface area (Å²) in [6.45, 7) is 5.01. The Hall–Kier alpha value is -2.43. The number of esters is 2. The van der Waals surface area contributed by atoms with Gasteiger partial charge in [-0.1, -0.05) is 18.2 Å². The molecule has 0 bridgehead atoms. The number of ether oxygens (including phenoxy) is 2. The maximum Gasteiger partial charge on any atom is 0.337 e. The van der Waals surface area contributed by atoms with Crippen LogP contribution in [0.5, 0.6) is 0 Å². The molecule has 0 aliphatic heterocycles. The number of carbonyl (C=O) groups excluding carboxylic acids is 3. The van der Waals surface area contributed by atoms with E-state index >= 15 is 0 Å². The largest absolute Gasteiger partial charge is 0.468 e. The standard InChI is InChI=1S/C16H18O5/c1-5-13(14(10(2)17)16(19)21-4)11-6-8-12(9-7-11)15(18)20-3/h5-9,13-14H,1H2,2-4H3. The third-order valence-electron chi connectivity index (χ3n) is 3.22. The Morgan fingerprint density at radius 3 is 2.05 bits per heavy atom. The zero-order valence-corrected chi connectivity index (χ0v) is 12.3. The average molecular weight is 290 g/mol. The highest BCUT2D eigenvalue weighted by molar-refractivity contribution is 5.99. The second kappa shape index (κ2) is 7.38. The van der Waals surface area contributed by atoms with Crippen LogP contribution in [0.25, 0.3) is 0 Å². The van der Waals surface area contributed by atoms with Gasteiger partial charge in [0.15, 0.2) is 0 Å². The molecule has 0 saturated heterocycles. The molecule has 0 aliphatic rings. The summed E-state index contributed by atoms with van der Waals surface area (Å²) in [6, 6.07) is 6.48. The molecule has 0 fully saturated rings. The van der Waals surface area contributed by atoms with Gasteiger partial charge in [0.25, 0.3) is 0 Å². The van der Waals surface area contributed by atoms with Crippen LogP contribution in [0.3, 0.4) is 0 Å². The van der Waals surface area contributed by atoms with E-state index in [1.54, 1.807) is 24.3 Å². The molecule has 2 unspecified atom stereocenters. The lowest BCUT2D eigenvalue weighted by atomic mass is 9.83. The van der Waals surface area contributed by atoms with E-state index in [2.05, 4.69) is 16.1 Å². The fourth-order valence-corrected chi connectivity index (χ4v) is 2.12. The monoisotopic (exact) mass is 290 g/mol. The summed E-state index contributed by atoms with van der Waals surface area (Å²) in [5.74, 6) is -2.82. The van der Waals surface area contributed by atoms with Crippen LogP contribution in [0.15, 0.2) is 36.9 Å². The molecule has 0 aromatic heterocycles.